The normalized spacial score (nSPS) is 12.8. The van der Waals surface area contributed by atoms with Crippen LogP contribution in [0.15, 0.2) is 16.6 Å². The molecule has 0 amide bonds. The monoisotopic (exact) mass is 287 g/mol. The number of carboxylic acids is 1. The van der Waals surface area contributed by atoms with E-state index in [1.807, 2.05) is 13.8 Å². The van der Waals surface area contributed by atoms with Gasteiger partial charge in [0, 0.05) is 5.56 Å². The van der Waals surface area contributed by atoms with E-state index in [9.17, 15) is 9.90 Å². The summed E-state index contributed by atoms with van der Waals surface area (Å²) in [5.41, 5.74) is 6.65. The molecular weight excluding hydrogens is 274 g/mol. The average Bonchev–Trinajstić information content (AvgIpc) is 2.20. The number of carboxylic acid groups (broad SMARTS) is 1. The molecule has 0 radical (unpaired) electrons. The summed E-state index contributed by atoms with van der Waals surface area (Å²) in [4.78, 5) is 10.8. The highest BCUT2D eigenvalue weighted by molar-refractivity contribution is 9.10. The van der Waals surface area contributed by atoms with Crippen LogP contribution in [0.2, 0.25) is 0 Å². The minimum Gasteiger partial charge on any atom is -0.506 e. The van der Waals surface area contributed by atoms with E-state index in [4.69, 9.17) is 10.8 Å². The lowest BCUT2D eigenvalue weighted by Crippen LogP contribution is -2.21. The van der Waals surface area contributed by atoms with Crippen molar-refractivity contribution < 1.29 is 15.0 Å². The Labute approximate surface area is 102 Å². The van der Waals surface area contributed by atoms with Gasteiger partial charge in [0.05, 0.1) is 4.47 Å². The summed E-state index contributed by atoms with van der Waals surface area (Å²) in [5.74, 6) is -1.04. The van der Waals surface area contributed by atoms with Gasteiger partial charge in [0.25, 0.3) is 0 Å². The van der Waals surface area contributed by atoms with Crippen LogP contribution >= 0.6 is 15.9 Å². The summed E-state index contributed by atoms with van der Waals surface area (Å²) in [5, 5.41) is 18.6. The first-order valence-electron chi connectivity index (χ1n) is 4.85. The molecule has 0 fully saturated rings. The number of carbonyl (C=O) groups is 1. The van der Waals surface area contributed by atoms with Crippen LogP contribution in [-0.2, 0) is 4.79 Å². The van der Waals surface area contributed by atoms with Crippen molar-refractivity contribution in [1.29, 1.82) is 0 Å². The SMILES string of the molecule is CC(C)c1cc(Br)c(O)c([C@H](N)C(=O)O)c1. The minimum atomic E-state index is -1.21. The quantitative estimate of drug-likeness (QED) is 0.797. The number of hydrogen-bond acceptors (Lipinski definition) is 3. The molecule has 1 rings (SSSR count). The van der Waals surface area contributed by atoms with Crippen LogP contribution in [-0.4, -0.2) is 16.2 Å². The average molecular weight is 288 g/mol. The number of nitrogens with two attached hydrogens (primary N) is 1. The van der Waals surface area contributed by atoms with Crippen LogP contribution in [0.1, 0.15) is 36.9 Å². The van der Waals surface area contributed by atoms with E-state index in [0.717, 1.165) is 5.56 Å². The minimum absolute atomic E-state index is 0.112. The van der Waals surface area contributed by atoms with Gasteiger partial charge in [-0.25, -0.2) is 0 Å². The molecule has 0 heterocycles. The molecule has 0 bridgehead atoms. The summed E-state index contributed by atoms with van der Waals surface area (Å²) in [6.45, 7) is 3.96. The first-order chi connectivity index (χ1) is 7.34. The van der Waals surface area contributed by atoms with E-state index in [2.05, 4.69) is 15.9 Å². The Morgan fingerprint density at radius 2 is 2.00 bits per heavy atom. The molecule has 0 saturated heterocycles. The molecule has 0 aliphatic heterocycles. The molecule has 4 N–H and O–H groups in total. The number of aliphatic carboxylic acids is 1. The lowest BCUT2D eigenvalue weighted by Gasteiger charge is -2.14. The third kappa shape index (κ3) is 2.54. The van der Waals surface area contributed by atoms with Crippen molar-refractivity contribution in [3.8, 4) is 5.75 Å². The number of hydrogen-bond donors (Lipinski definition) is 3. The number of halogens is 1. The topological polar surface area (TPSA) is 83.5 Å². The Balaban J connectivity index is 3.32. The highest BCUT2D eigenvalue weighted by atomic mass is 79.9. The first-order valence-corrected chi connectivity index (χ1v) is 5.64. The van der Waals surface area contributed by atoms with Crippen molar-refractivity contribution in [3.63, 3.8) is 0 Å². The molecule has 88 valence electrons. The number of aromatic hydroxyl groups is 1. The Kier molecular flexibility index (Phi) is 3.93. The maximum Gasteiger partial charge on any atom is 0.325 e. The maximum atomic E-state index is 10.8. The lowest BCUT2D eigenvalue weighted by molar-refractivity contribution is -0.138. The molecule has 5 heteroatoms. The molecular formula is C11H14BrNO3. The fourth-order valence-electron chi connectivity index (χ4n) is 1.35. The largest absolute Gasteiger partial charge is 0.506 e. The second-order valence-corrected chi connectivity index (χ2v) is 4.77. The highest BCUT2D eigenvalue weighted by Crippen LogP contribution is 2.34. The second-order valence-electron chi connectivity index (χ2n) is 3.91. The number of benzene rings is 1. The molecule has 1 aromatic rings. The molecule has 0 unspecified atom stereocenters. The van der Waals surface area contributed by atoms with E-state index in [-0.39, 0.29) is 17.2 Å². The summed E-state index contributed by atoms with van der Waals surface area (Å²) < 4.78 is 0.463. The van der Waals surface area contributed by atoms with Crippen LogP contribution in [0.4, 0.5) is 0 Å². The van der Waals surface area contributed by atoms with Crippen LogP contribution < -0.4 is 5.73 Å². The predicted octanol–water partition coefficient (Wildman–Crippen LogP) is 2.36. The second kappa shape index (κ2) is 4.84. The molecule has 0 saturated carbocycles. The molecule has 0 aliphatic rings. The number of rotatable bonds is 3. The van der Waals surface area contributed by atoms with E-state index in [0.29, 0.717) is 4.47 Å². The fourth-order valence-corrected chi connectivity index (χ4v) is 1.84. The summed E-state index contributed by atoms with van der Waals surface area (Å²) >= 11 is 3.18. The highest BCUT2D eigenvalue weighted by Gasteiger charge is 2.21. The van der Waals surface area contributed by atoms with Gasteiger partial charge in [-0.05, 0) is 39.5 Å². The Morgan fingerprint density at radius 1 is 1.44 bits per heavy atom. The van der Waals surface area contributed by atoms with Crippen LogP contribution in [0, 0.1) is 0 Å². The van der Waals surface area contributed by atoms with Crippen molar-refractivity contribution in [1.82, 2.24) is 0 Å². The molecule has 0 spiro atoms. The van der Waals surface area contributed by atoms with E-state index < -0.39 is 12.0 Å². The van der Waals surface area contributed by atoms with Crippen molar-refractivity contribution in [2.24, 2.45) is 5.73 Å². The van der Waals surface area contributed by atoms with Crippen molar-refractivity contribution >= 4 is 21.9 Å². The number of phenols is 1. The molecule has 0 aromatic heterocycles. The summed E-state index contributed by atoms with van der Waals surface area (Å²) in [6.07, 6.45) is 0. The summed E-state index contributed by atoms with van der Waals surface area (Å²) in [6, 6.07) is 2.18. The zero-order chi connectivity index (χ0) is 12.5. The lowest BCUT2D eigenvalue weighted by atomic mass is 9.97. The van der Waals surface area contributed by atoms with Crippen molar-refractivity contribution in [2.75, 3.05) is 0 Å². The first kappa shape index (κ1) is 13.0. The van der Waals surface area contributed by atoms with E-state index in [1.165, 1.54) is 0 Å². The van der Waals surface area contributed by atoms with Gasteiger partial charge in [-0.2, -0.15) is 0 Å². The van der Waals surface area contributed by atoms with Gasteiger partial charge in [0.2, 0.25) is 0 Å². The Bertz CT molecular complexity index is 418. The third-order valence-electron chi connectivity index (χ3n) is 2.38. The Hall–Kier alpha value is -1.07. The zero-order valence-corrected chi connectivity index (χ0v) is 10.7. The molecule has 0 aliphatic carbocycles. The standard InChI is InChI=1S/C11H14BrNO3/c1-5(2)6-3-7(9(13)11(15)16)10(14)8(12)4-6/h3-5,9,14H,13H2,1-2H3,(H,15,16)/t9-/m0/s1. The van der Waals surface area contributed by atoms with Gasteiger partial charge in [-0.3, -0.25) is 4.79 Å². The Morgan fingerprint density at radius 3 is 2.44 bits per heavy atom. The maximum absolute atomic E-state index is 10.8. The molecule has 16 heavy (non-hydrogen) atoms. The predicted molar refractivity (Wildman–Crippen MR) is 64.5 cm³/mol. The van der Waals surface area contributed by atoms with Crippen molar-refractivity contribution in [2.45, 2.75) is 25.8 Å². The van der Waals surface area contributed by atoms with Gasteiger partial charge >= 0.3 is 5.97 Å². The van der Waals surface area contributed by atoms with Gasteiger partial charge in [-0.1, -0.05) is 13.8 Å². The molecule has 1 aromatic carbocycles. The third-order valence-corrected chi connectivity index (χ3v) is 2.99. The van der Waals surface area contributed by atoms with Gasteiger partial charge in [-0.15, -0.1) is 0 Å². The van der Waals surface area contributed by atoms with E-state index in [1.54, 1.807) is 12.1 Å². The molecule has 4 nitrogen and oxygen atoms in total. The van der Waals surface area contributed by atoms with Crippen molar-refractivity contribution in [3.05, 3.63) is 27.7 Å². The van der Waals surface area contributed by atoms with Crippen LogP contribution in [0.25, 0.3) is 0 Å². The van der Waals surface area contributed by atoms with Crippen LogP contribution in [0.5, 0.6) is 5.75 Å². The van der Waals surface area contributed by atoms with Gasteiger partial charge < -0.3 is 15.9 Å². The fraction of sp³-hybridized carbons (Fsp3) is 0.364. The van der Waals surface area contributed by atoms with Crippen LogP contribution in [0.3, 0.4) is 0 Å². The van der Waals surface area contributed by atoms with Gasteiger partial charge in [0.1, 0.15) is 11.8 Å². The van der Waals surface area contributed by atoms with Gasteiger partial charge in [0.15, 0.2) is 0 Å². The summed E-state index contributed by atoms with van der Waals surface area (Å²) in [7, 11) is 0. The van der Waals surface area contributed by atoms with E-state index >= 15 is 0 Å². The zero-order valence-electron chi connectivity index (χ0n) is 9.07. The number of phenolic OH excluding ortho intramolecular Hbond substituents is 1. The molecule has 1 atom stereocenters. The smallest absolute Gasteiger partial charge is 0.325 e.